The second-order valence-electron chi connectivity index (χ2n) is 10.0. The molecule has 0 saturated carbocycles. The number of anilines is 1. The van der Waals surface area contributed by atoms with E-state index in [1.165, 1.54) is 11.1 Å². The maximum absolute atomic E-state index is 13.1. The van der Waals surface area contributed by atoms with Crippen LogP contribution in [0.3, 0.4) is 0 Å². The quantitative estimate of drug-likeness (QED) is 0.271. The molecular weight excluding hydrogens is 494 g/mol. The largest absolute Gasteiger partial charge is 0.394 e. The van der Waals surface area contributed by atoms with Crippen LogP contribution in [0.2, 0.25) is 0 Å². The molecule has 1 aliphatic heterocycles. The molecule has 3 N–H and O–H groups in total. The fourth-order valence-corrected chi connectivity index (χ4v) is 4.85. The number of aromatic nitrogens is 4. The van der Waals surface area contributed by atoms with Gasteiger partial charge in [0.2, 0.25) is 5.82 Å². The standard InChI is InChI=1S/C29H35N7O3/c1-35(2)16-15-30-29(38)27-33-26(25-28(34-27)36(19-32-25)24-14-13-22(18-37)39-24)31-17-23(20-9-5-3-6-10-20)21-11-7-4-8-12-21/h3-12,19,22-24,37H,13-18H2,1-2H3,(H,30,38)(H,31,33,34). The zero-order valence-electron chi connectivity index (χ0n) is 22.3. The molecule has 0 bridgehead atoms. The Labute approximate surface area is 228 Å². The van der Waals surface area contributed by atoms with E-state index < -0.39 is 0 Å². The zero-order chi connectivity index (χ0) is 27.2. The average Bonchev–Trinajstić information content (AvgIpc) is 3.61. The zero-order valence-corrected chi connectivity index (χ0v) is 22.3. The summed E-state index contributed by atoms with van der Waals surface area (Å²) < 4.78 is 7.83. The van der Waals surface area contributed by atoms with Crippen LogP contribution in [0.15, 0.2) is 67.0 Å². The molecule has 1 amide bonds. The first kappa shape index (κ1) is 26.7. The van der Waals surface area contributed by atoms with Crippen molar-refractivity contribution in [1.29, 1.82) is 0 Å². The van der Waals surface area contributed by atoms with Crippen LogP contribution in [0.4, 0.5) is 5.82 Å². The summed E-state index contributed by atoms with van der Waals surface area (Å²) in [7, 11) is 3.90. The lowest BCUT2D eigenvalue weighted by atomic mass is 9.91. The molecule has 2 aromatic heterocycles. The van der Waals surface area contributed by atoms with Gasteiger partial charge in [0.25, 0.3) is 5.91 Å². The summed E-state index contributed by atoms with van der Waals surface area (Å²) in [6.07, 6.45) is 2.59. The van der Waals surface area contributed by atoms with Gasteiger partial charge >= 0.3 is 0 Å². The number of aliphatic hydroxyl groups is 1. The molecule has 5 rings (SSSR count). The van der Waals surface area contributed by atoms with Gasteiger partial charge < -0.3 is 25.4 Å². The van der Waals surface area contributed by atoms with E-state index in [0.29, 0.717) is 36.6 Å². The number of rotatable bonds is 11. The van der Waals surface area contributed by atoms with Gasteiger partial charge in [0, 0.05) is 25.6 Å². The summed E-state index contributed by atoms with van der Waals surface area (Å²) >= 11 is 0. The van der Waals surface area contributed by atoms with Gasteiger partial charge in [-0.2, -0.15) is 0 Å². The molecule has 10 heteroatoms. The van der Waals surface area contributed by atoms with E-state index in [1.54, 1.807) is 6.33 Å². The van der Waals surface area contributed by atoms with Crippen LogP contribution in [0.25, 0.3) is 11.2 Å². The first-order chi connectivity index (χ1) is 19.0. The molecule has 0 radical (unpaired) electrons. The van der Waals surface area contributed by atoms with Crippen LogP contribution in [0, 0.1) is 0 Å². The van der Waals surface area contributed by atoms with E-state index >= 15 is 0 Å². The fraction of sp³-hybridized carbons (Fsp3) is 0.379. The summed E-state index contributed by atoms with van der Waals surface area (Å²) in [5.41, 5.74) is 3.42. The Morgan fingerprint density at radius 2 is 1.77 bits per heavy atom. The topological polar surface area (TPSA) is 117 Å². The van der Waals surface area contributed by atoms with E-state index in [4.69, 9.17) is 4.74 Å². The molecule has 1 fully saturated rings. The lowest BCUT2D eigenvalue weighted by Gasteiger charge is -2.20. The predicted molar refractivity (Wildman–Crippen MR) is 150 cm³/mol. The minimum atomic E-state index is -0.349. The van der Waals surface area contributed by atoms with Crippen molar-refractivity contribution in [2.75, 3.05) is 45.7 Å². The second kappa shape index (κ2) is 12.3. The molecule has 2 unspecified atom stereocenters. The number of hydrogen-bond acceptors (Lipinski definition) is 8. The third-order valence-corrected chi connectivity index (χ3v) is 6.95. The Morgan fingerprint density at radius 1 is 1.08 bits per heavy atom. The average molecular weight is 530 g/mol. The Bertz CT molecular complexity index is 1340. The number of likely N-dealkylation sites (N-methyl/N-ethyl adjacent to an activating group) is 1. The van der Waals surface area contributed by atoms with Crippen LogP contribution in [0.5, 0.6) is 0 Å². The van der Waals surface area contributed by atoms with Gasteiger partial charge in [-0.05, 0) is 38.1 Å². The molecule has 3 heterocycles. The lowest BCUT2D eigenvalue weighted by molar-refractivity contribution is -0.0207. The minimum absolute atomic E-state index is 0.0369. The van der Waals surface area contributed by atoms with E-state index in [9.17, 15) is 9.90 Å². The fourth-order valence-electron chi connectivity index (χ4n) is 4.85. The number of benzene rings is 2. The number of fused-ring (bicyclic) bond motifs is 1. The number of ether oxygens (including phenoxy) is 1. The van der Waals surface area contributed by atoms with E-state index in [-0.39, 0.29) is 36.6 Å². The van der Waals surface area contributed by atoms with Gasteiger partial charge in [-0.3, -0.25) is 9.36 Å². The number of carbonyl (C=O) groups is 1. The number of carbonyl (C=O) groups excluding carboxylic acids is 1. The minimum Gasteiger partial charge on any atom is -0.394 e. The summed E-state index contributed by atoms with van der Waals surface area (Å²) in [5.74, 6) is 0.265. The van der Waals surface area contributed by atoms with Crippen molar-refractivity contribution >= 4 is 22.9 Å². The summed E-state index contributed by atoms with van der Waals surface area (Å²) in [5, 5.41) is 15.9. The van der Waals surface area contributed by atoms with Gasteiger partial charge in [-0.15, -0.1) is 0 Å². The number of aliphatic hydroxyl groups excluding tert-OH is 1. The number of imidazole rings is 1. The molecule has 0 aliphatic carbocycles. The Hall–Kier alpha value is -3.86. The summed E-state index contributed by atoms with van der Waals surface area (Å²) in [4.78, 5) is 28.9. The van der Waals surface area contributed by atoms with Crippen molar-refractivity contribution in [3.05, 3.63) is 83.9 Å². The molecule has 10 nitrogen and oxygen atoms in total. The van der Waals surface area contributed by atoms with Gasteiger partial charge in [-0.25, -0.2) is 15.0 Å². The van der Waals surface area contributed by atoms with Crippen molar-refractivity contribution in [2.45, 2.75) is 31.1 Å². The number of nitrogens with one attached hydrogen (secondary N) is 2. The van der Waals surface area contributed by atoms with E-state index in [2.05, 4.69) is 49.9 Å². The molecule has 1 saturated heterocycles. The van der Waals surface area contributed by atoms with Gasteiger partial charge in [-0.1, -0.05) is 60.7 Å². The van der Waals surface area contributed by atoms with Crippen molar-refractivity contribution in [2.24, 2.45) is 0 Å². The maximum atomic E-state index is 13.1. The highest BCUT2D eigenvalue weighted by Crippen LogP contribution is 2.32. The van der Waals surface area contributed by atoms with Crippen molar-refractivity contribution in [3.63, 3.8) is 0 Å². The number of amides is 1. The molecule has 39 heavy (non-hydrogen) atoms. The molecule has 1 aliphatic rings. The van der Waals surface area contributed by atoms with Crippen molar-refractivity contribution in [1.82, 2.24) is 29.7 Å². The maximum Gasteiger partial charge on any atom is 0.289 e. The number of nitrogens with zero attached hydrogens (tertiary/aromatic N) is 5. The highest BCUT2D eigenvalue weighted by Gasteiger charge is 2.29. The third-order valence-electron chi connectivity index (χ3n) is 6.95. The first-order valence-corrected chi connectivity index (χ1v) is 13.3. The summed E-state index contributed by atoms with van der Waals surface area (Å²) in [6, 6.07) is 20.6. The van der Waals surface area contributed by atoms with Crippen LogP contribution in [-0.4, -0.2) is 81.9 Å². The predicted octanol–water partition coefficient (Wildman–Crippen LogP) is 3.03. The Morgan fingerprint density at radius 3 is 2.38 bits per heavy atom. The third kappa shape index (κ3) is 6.25. The molecule has 0 spiro atoms. The van der Waals surface area contributed by atoms with E-state index in [0.717, 1.165) is 12.8 Å². The van der Waals surface area contributed by atoms with Gasteiger partial charge in [0.05, 0.1) is 19.0 Å². The SMILES string of the molecule is CN(C)CCNC(=O)c1nc(NCC(c2ccccc2)c2ccccc2)c2ncn(C3CCC(CO)O3)c2n1. The molecule has 2 aromatic carbocycles. The molecule has 2 atom stereocenters. The second-order valence-corrected chi connectivity index (χ2v) is 10.0. The normalized spacial score (nSPS) is 17.3. The van der Waals surface area contributed by atoms with Crippen molar-refractivity contribution < 1.29 is 14.6 Å². The van der Waals surface area contributed by atoms with Crippen LogP contribution < -0.4 is 10.6 Å². The lowest BCUT2D eigenvalue weighted by Crippen LogP contribution is -2.32. The molecule has 204 valence electrons. The first-order valence-electron chi connectivity index (χ1n) is 13.3. The Kier molecular flexibility index (Phi) is 8.45. The smallest absolute Gasteiger partial charge is 0.289 e. The summed E-state index contributed by atoms with van der Waals surface area (Å²) in [6.45, 7) is 1.68. The van der Waals surface area contributed by atoms with Crippen LogP contribution in [0.1, 0.15) is 46.7 Å². The van der Waals surface area contributed by atoms with Crippen molar-refractivity contribution in [3.8, 4) is 0 Å². The highest BCUT2D eigenvalue weighted by atomic mass is 16.5. The molecular formula is C29H35N7O3. The monoisotopic (exact) mass is 529 g/mol. The van der Waals surface area contributed by atoms with Crippen LogP contribution in [-0.2, 0) is 4.74 Å². The van der Waals surface area contributed by atoms with Gasteiger partial charge in [0.1, 0.15) is 6.23 Å². The van der Waals surface area contributed by atoms with Gasteiger partial charge in [0.15, 0.2) is 17.0 Å². The van der Waals surface area contributed by atoms with E-state index in [1.807, 2.05) is 60.0 Å². The number of hydrogen-bond donors (Lipinski definition) is 3. The van der Waals surface area contributed by atoms with Crippen LogP contribution >= 0.6 is 0 Å². The Balaban J connectivity index is 1.48. The molecule has 4 aromatic rings. The highest BCUT2D eigenvalue weighted by molar-refractivity contribution is 5.94.